The van der Waals surface area contributed by atoms with Crippen molar-refractivity contribution in [3.05, 3.63) is 66.7 Å². The predicted octanol–water partition coefficient (Wildman–Crippen LogP) is 4.34. The molecule has 0 spiro atoms. The van der Waals surface area contributed by atoms with Gasteiger partial charge in [0.1, 0.15) is 17.2 Å². The van der Waals surface area contributed by atoms with Crippen LogP contribution in [-0.4, -0.2) is 5.11 Å². The second-order valence-electron chi connectivity index (χ2n) is 4.08. The Morgan fingerprint density at radius 2 is 1.56 bits per heavy atom. The maximum Gasteiger partial charge on any atom is 0.135 e. The first-order valence-electron chi connectivity index (χ1n) is 5.77. The molecule has 0 fully saturated rings. The highest BCUT2D eigenvalue weighted by Crippen LogP contribution is 2.30. The molecule has 3 aromatic carbocycles. The third kappa shape index (κ3) is 2.00. The normalized spacial score (nSPS) is 10.4. The lowest BCUT2D eigenvalue weighted by Crippen LogP contribution is -1.85. The van der Waals surface area contributed by atoms with E-state index in [2.05, 4.69) is 0 Å². The zero-order chi connectivity index (χ0) is 12.4. The lowest BCUT2D eigenvalue weighted by atomic mass is 10.1. The van der Waals surface area contributed by atoms with Crippen LogP contribution in [0, 0.1) is 0 Å². The molecule has 3 rings (SSSR count). The molecule has 88 valence electrons. The van der Waals surface area contributed by atoms with Crippen molar-refractivity contribution in [3.63, 3.8) is 0 Å². The van der Waals surface area contributed by atoms with Crippen molar-refractivity contribution in [2.24, 2.45) is 0 Å². The molecule has 0 aliphatic heterocycles. The van der Waals surface area contributed by atoms with Crippen LogP contribution in [0.4, 0.5) is 0 Å². The number of aromatic hydroxyl groups is 1. The molecule has 0 aliphatic rings. The Labute approximate surface area is 105 Å². The van der Waals surface area contributed by atoms with E-state index in [0.29, 0.717) is 5.75 Å². The molecule has 0 bridgehead atoms. The molecule has 0 saturated carbocycles. The molecule has 0 aromatic heterocycles. The molecule has 2 nitrogen and oxygen atoms in total. The highest BCUT2D eigenvalue weighted by atomic mass is 16.5. The van der Waals surface area contributed by atoms with Crippen molar-refractivity contribution in [2.75, 3.05) is 0 Å². The maximum absolute atomic E-state index is 9.42. The van der Waals surface area contributed by atoms with Crippen LogP contribution in [0.25, 0.3) is 10.8 Å². The molecule has 0 amide bonds. The van der Waals surface area contributed by atoms with Gasteiger partial charge in [0, 0.05) is 11.5 Å². The van der Waals surface area contributed by atoms with Gasteiger partial charge in [-0.2, -0.15) is 0 Å². The number of phenols is 1. The maximum atomic E-state index is 9.42. The lowest BCUT2D eigenvalue weighted by Gasteiger charge is -2.08. The minimum Gasteiger partial charge on any atom is -0.508 e. The van der Waals surface area contributed by atoms with Crippen molar-refractivity contribution in [2.45, 2.75) is 0 Å². The molecule has 0 saturated heterocycles. The largest absolute Gasteiger partial charge is 0.508 e. The van der Waals surface area contributed by atoms with Gasteiger partial charge in [0.2, 0.25) is 0 Å². The van der Waals surface area contributed by atoms with Gasteiger partial charge in [0.25, 0.3) is 0 Å². The molecule has 0 radical (unpaired) electrons. The summed E-state index contributed by atoms with van der Waals surface area (Å²) >= 11 is 0. The molecule has 0 heterocycles. The van der Waals surface area contributed by atoms with Crippen molar-refractivity contribution in [1.29, 1.82) is 0 Å². The van der Waals surface area contributed by atoms with E-state index in [0.717, 1.165) is 16.5 Å². The van der Waals surface area contributed by atoms with E-state index in [1.807, 2.05) is 48.5 Å². The van der Waals surface area contributed by atoms with Gasteiger partial charge in [-0.1, -0.05) is 42.5 Å². The van der Waals surface area contributed by atoms with E-state index < -0.39 is 0 Å². The number of phenolic OH excluding ortho intramolecular Hbond substituents is 1. The van der Waals surface area contributed by atoms with Crippen LogP contribution in [0.15, 0.2) is 66.7 Å². The minimum atomic E-state index is 0.202. The molecular formula is C16H12O2. The number of ether oxygens (including phenoxy) is 1. The SMILES string of the molecule is Oc1cccc(Oc2cccc3ccccc23)c1. The fourth-order valence-electron chi connectivity index (χ4n) is 1.96. The van der Waals surface area contributed by atoms with E-state index in [-0.39, 0.29) is 5.75 Å². The smallest absolute Gasteiger partial charge is 0.135 e. The van der Waals surface area contributed by atoms with Crippen LogP contribution in [0.2, 0.25) is 0 Å². The van der Waals surface area contributed by atoms with Crippen molar-refractivity contribution in [3.8, 4) is 17.2 Å². The quantitative estimate of drug-likeness (QED) is 0.717. The van der Waals surface area contributed by atoms with Crippen LogP contribution in [0.1, 0.15) is 0 Å². The van der Waals surface area contributed by atoms with Crippen molar-refractivity contribution >= 4 is 10.8 Å². The predicted molar refractivity (Wildman–Crippen MR) is 72.1 cm³/mol. The standard InChI is InChI=1S/C16H12O2/c17-13-7-4-8-14(11-13)18-16-10-3-6-12-5-1-2-9-15(12)16/h1-11,17H. The lowest BCUT2D eigenvalue weighted by molar-refractivity contribution is 0.457. The van der Waals surface area contributed by atoms with E-state index in [1.54, 1.807) is 18.2 Å². The zero-order valence-corrected chi connectivity index (χ0v) is 9.71. The first-order chi connectivity index (χ1) is 8.83. The third-order valence-electron chi connectivity index (χ3n) is 2.80. The van der Waals surface area contributed by atoms with Crippen LogP contribution in [0.5, 0.6) is 17.2 Å². The Bertz CT molecular complexity index is 684. The van der Waals surface area contributed by atoms with Crippen molar-refractivity contribution in [1.82, 2.24) is 0 Å². The molecular weight excluding hydrogens is 224 g/mol. The monoisotopic (exact) mass is 236 g/mol. The van der Waals surface area contributed by atoms with Gasteiger partial charge in [-0.3, -0.25) is 0 Å². The Morgan fingerprint density at radius 1 is 0.778 bits per heavy atom. The van der Waals surface area contributed by atoms with E-state index >= 15 is 0 Å². The summed E-state index contributed by atoms with van der Waals surface area (Å²) < 4.78 is 5.81. The van der Waals surface area contributed by atoms with E-state index in [1.165, 1.54) is 0 Å². The molecule has 18 heavy (non-hydrogen) atoms. The molecule has 1 N–H and O–H groups in total. The Kier molecular flexibility index (Phi) is 2.61. The fraction of sp³-hybridized carbons (Fsp3) is 0. The summed E-state index contributed by atoms with van der Waals surface area (Å²) in [6.07, 6.45) is 0. The summed E-state index contributed by atoms with van der Waals surface area (Å²) in [7, 11) is 0. The second kappa shape index (κ2) is 4.41. The molecule has 0 atom stereocenters. The van der Waals surface area contributed by atoms with Gasteiger partial charge in [-0.25, -0.2) is 0 Å². The Balaban J connectivity index is 2.05. The number of fused-ring (bicyclic) bond motifs is 1. The van der Waals surface area contributed by atoms with Crippen LogP contribution < -0.4 is 4.74 Å². The van der Waals surface area contributed by atoms with Gasteiger partial charge in [0.05, 0.1) is 0 Å². The highest BCUT2D eigenvalue weighted by molar-refractivity contribution is 5.88. The fourth-order valence-corrected chi connectivity index (χ4v) is 1.96. The number of hydrogen-bond acceptors (Lipinski definition) is 2. The van der Waals surface area contributed by atoms with Gasteiger partial charge in [-0.15, -0.1) is 0 Å². The van der Waals surface area contributed by atoms with E-state index in [9.17, 15) is 5.11 Å². The number of hydrogen-bond donors (Lipinski definition) is 1. The van der Waals surface area contributed by atoms with E-state index in [4.69, 9.17) is 4.74 Å². The molecule has 0 unspecified atom stereocenters. The van der Waals surface area contributed by atoms with Crippen molar-refractivity contribution < 1.29 is 9.84 Å². The second-order valence-corrected chi connectivity index (χ2v) is 4.08. The first kappa shape index (κ1) is 10.7. The van der Waals surface area contributed by atoms with Crippen LogP contribution in [-0.2, 0) is 0 Å². The summed E-state index contributed by atoms with van der Waals surface area (Å²) in [6, 6.07) is 20.8. The third-order valence-corrected chi connectivity index (χ3v) is 2.80. The van der Waals surface area contributed by atoms with Gasteiger partial charge in [0.15, 0.2) is 0 Å². The van der Waals surface area contributed by atoms with Gasteiger partial charge < -0.3 is 9.84 Å². The Morgan fingerprint density at radius 3 is 2.44 bits per heavy atom. The van der Waals surface area contributed by atoms with Gasteiger partial charge in [-0.05, 0) is 23.6 Å². The van der Waals surface area contributed by atoms with Crippen LogP contribution >= 0.6 is 0 Å². The highest BCUT2D eigenvalue weighted by Gasteiger charge is 2.03. The topological polar surface area (TPSA) is 29.5 Å². The number of rotatable bonds is 2. The summed E-state index contributed by atoms with van der Waals surface area (Å²) in [5.41, 5.74) is 0. The van der Waals surface area contributed by atoms with Crippen LogP contribution in [0.3, 0.4) is 0 Å². The average Bonchev–Trinajstić information content (AvgIpc) is 2.39. The summed E-state index contributed by atoms with van der Waals surface area (Å²) in [5.74, 6) is 1.62. The summed E-state index contributed by atoms with van der Waals surface area (Å²) in [5, 5.41) is 11.6. The summed E-state index contributed by atoms with van der Waals surface area (Å²) in [6.45, 7) is 0. The number of benzene rings is 3. The molecule has 3 aromatic rings. The average molecular weight is 236 g/mol. The molecule has 0 aliphatic carbocycles. The zero-order valence-electron chi connectivity index (χ0n) is 9.71. The first-order valence-corrected chi connectivity index (χ1v) is 5.77. The van der Waals surface area contributed by atoms with Gasteiger partial charge >= 0.3 is 0 Å². The Hall–Kier alpha value is -2.48. The molecule has 2 heteroatoms. The summed E-state index contributed by atoms with van der Waals surface area (Å²) in [4.78, 5) is 0. The minimum absolute atomic E-state index is 0.202.